The lowest BCUT2D eigenvalue weighted by molar-refractivity contribution is 0.311. The zero-order valence-electron chi connectivity index (χ0n) is 13.4. The highest BCUT2D eigenvalue weighted by Crippen LogP contribution is 2.28. The molecule has 3 rings (SSSR count). The Morgan fingerprint density at radius 3 is 2.88 bits per heavy atom. The molecule has 2 heterocycles. The smallest absolute Gasteiger partial charge is 0.260 e. The molecule has 0 aliphatic heterocycles. The second-order valence-corrected chi connectivity index (χ2v) is 5.09. The molecule has 0 radical (unpaired) electrons. The molecular weight excluding hydrogens is 310 g/mol. The first-order chi connectivity index (χ1) is 11.5. The van der Waals surface area contributed by atoms with Crippen LogP contribution in [0.15, 0.2) is 33.6 Å². The average molecular weight is 327 g/mol. The molecule has 0 saturated carbocycles. The molecule has 24 heavy (non-hydrogen) atoms. The van der Waals surface area contributed by atoms with Gasteiger partial charge in [-0.1, -0.05) is 12.6 Å². The SMILES string of the molecule is C=c1cc2[nH]c(=O)/c(=C\c3ccc(OCC)c(OC)c3)c(=N)n2o1. The van der Waals surface area contributed by atoms with Gasteiger partial charge in [-0.3, -0.25) is 10.2 Å². The van der Waals surface area contributed by atoms with Crippen LogP contribution in [0.25, 0.3) is 18.3 Å². The van der Waals surface area contributed by atoms with Crippen molar-refractivity contribution in [3.63, 3.8) is 0 Å². The Morgan fingerprint density at radius 1 is 1.38 bits per heavy atom. The molecule has 0 atom stereocenters. The summed E-state index contributed by atoms with van der Waals surface area (Å²) in [5, 5.41) is 8.36. The van der Waals surface area contributed by atoms with Crippen LogP contribution in [0, 0.1) is 5.41 Å². The number of benzene rings is 1. The summed E-state index contributed by atoms with van der Waals surface area (Å²) in [6.07, 6.45) is 1.59. The fourth-order valence-corrected chi connectivity index (χ4v) is 2.41. The topological polar surface area (TPSA) is 92.7 Å². The summed E-state index contributed by atoms with van der Waals surface area (Å²) in [7, 11) is 1.55. The van der Waals surface area contributed by atoms with E-state index in [1.165, 1.54) is 4.57 Å². The van der Waals surface area contributed by atoms with Crippen molar-refractivity contribution in [3.8, 4) is 11.5 Å². The monoisotopic (exact) mass is 327 g/mol. The average Bonchev–Trinajstić information content (AvgIpc) is 2.93. The number of aromatic nitrogens is 2. The summed E-state index contributed by atoms with van der Waals surface area (Å²) in [5.41, 5.74) is 1.01. The molecule has 2 aromatic heterocycles. The number of fused-ring (bicyclic) bond motifs is 1. The van der Waals surface area contributed by atoms with Gasteiger partial charge in [-0.05, 0) is 30.7 Å². The van der Waals surface area contributed by atoms with Crippen LogP contribution in [0.5, 0.6) is 11.5 Å². The lowest BCUT2D eigenvalue weighted by Crippen LogP contribution is -2.44. The number of nitrogens with zero attached hydrogens (tertiary/aromatic N) is 1. The van der Waals surface area contributed by atoms with Gasteiger partial charge in [-0.2, -0.15) is 0 Å². The van der Waals surface area contributed by atoms with Crippen molar-refractivity contribution in [2.75, 3.05) is 13.7 Å². The largest absolute Gasteiger partial charge is 0.493 e. The highest BCUT2D eigenvalue weighted by Gasteiger charge is 2.06. The van der Waals surface area contributed by atoms with Crippen molar-refractivity contribution < 1.29 is 14.0 Å². The molecule has 0 bridgehead atoms. The van der Waals surface area contributed by atoms with E-state index in [-0.39, 0.29) is 16.3 Å². The highest BCUT2D eigenvalue weighted by atomic mass is 16.5. The molecule has 0 saturated heterocycles. The minimum atomic E-state index is -0.381. The number of hydrogen-bond donors (Lipinski definition) is 2. The first-order valence-corrected chi connectivity index (χ1v) is 7.35. The van der Waals surface area contributed by atoms with Gasteiger partial charge in [0.25, 0.3) is 5.56 Å². The van der Waals surface area contributed by atoms with E-state index in [1.54, 1.807) is 37.5 Å². The lowest BCUT2D eigenvalue weighted by atomic mass is 10.1. The fourth-order valence-electron chi connectivity index (χ4n) is 2.41. The normalized spacial score (nSPS) is 11.8. The molecule has 0 fully saturated rings. The Bertz CT molecular complexity index is 1120. The quantitative estimate of drug-likeness (QED) is 0.723. The maximum absolute atomic E-state index is 12.3. The Morgan fingerprint density at radius 2 is 2.17 bits per heavy atom. The van der Waals surface area contributed by atoms with Crippen LogP contribution in [0.3, 0.4) is 0 Å². The van der Waals surface area contributed by atoms with Crippen molar-refractivity contribution in [2.24, 2.45) is 0 Å². The minimum absolute atomic E-state index is 0.0588. The maximum atomic E-state index is 12.3. The third-order valence-electron chi connectivity index (χ3n) is 3.47. The van der Waals surface area contributed by atoms with Gasteiger partial charge in [-0.15, -0.1) is 4.57 Å². The third kappa shape index (κ3) is 2.71. The van der Waals surface area contributed by atoms with Gasteiger partial charge < -0.3 is 19.0 Å². The Labute approximate surface area is 136 Å². The van der Waals surface area contributed by atoms with E-state index in [4.69, 9.17) is 19.4 Å². The van der Waals surface area contributed by atoms with Gasteiger partial charge >= 0.3 is 0 Å². The third-order valence-corrected chi connectivity index (χ3v) is 3.47. The van der Waals surface area contributed by atoms with Crippen molar-refractivity contribution >= 4 is 18.3 Å². The predicted octanol–water partition coefficient (Wildman–Crippen LogP) is 0.346. The van der Waals surface area contributed by atoms with Crippen LogP contribution in [-0.2, 0) is 0 Å². The van der Waals surface area contributed by atoms with Crippen LogP contribution in [0.4, 0.5) is 0 Å². The van der Waals surface area contributed by atoms with Gasteiger partial charge in [0.2, 0.25) is 0 Å². The fraction of sp³-hybridized carbons (Fsp3) is 0.176. The molecule has 3 aromatic rings. The van der Waals surface area contributed by atoms with E-state index < -0.39 is 0 Å². The molecule has 0 spiro atoms. The highest BCUT2D eigenvalue weighted by molar-refractivity contribution is 5.55. The van der Waals surface area contributed by atoms with Crippen LogP contribution < -0.4 is 31.2 Å². The summed E-state index contributed by atoms with van der Waals surface area (Å²) in [6.45, 7) is 6.07. The molecule has 0 unspecified atom stereocenters. The molecule has 7 heteroatoms. The van der Waals surface area contributed by atoms with Crippen molar-refractivity contribution in [2.45, 2.75) is 6.92 Å². The van der Waals surface area contributed by atoms with Crippen LogP contribution in [0.2, 0.25) is 0 Å². The molecule has 2 N–H and O–H groups in total. The Kier molecular flexibility index (Phi) is 3.99. The number of methoxy groups -OCH3 is 1. The summed E-state index contributed by atoms with van der Waals surface area (Å²) in [4.78, 5) is 14.9. The lowest BCUT2D eigenvalue weighted by Gasteiger charge is -2.09. The van der Waals surface area contributed by atoms with Crippen molar-refractivity contribution in [1.82, 2.24) is 9.56 Å². The zero-order chi connectivity index (χ0) is 17.3. The van der Waals surface area contributed by atoms with Gasteiger partial charge in [0.05, 0.1) is 18.9 Å². The molecule has 0 aliphatic carbocycles. The van der Waals surface area contributed by atoms with E-state index in [1.807, 2.05) is 6.92 Å². The van der Waals surface area contributed by atoms with Gasteiger partial charge in [-0.25, -0.2) is 0 Å². The van der Waals surface area contributed by atoms with Gasteiger partial charge in [0.1, 0.15) is 0 Å². The van der Waals surface area contributed by atoms with E-state index in [0.29, 0.717) is 34.7 Å². The first kappa shape index (κ1) is 15.7. The Hall–Kier alpha value is -3.22. The summed E-state index contributed by atoms with van der Waals surface area (Å²) >= 11 is 0. The van der Waals surface area contributed by atoms with Crippen molar-refractivity contribution in [3.05, 3.63) is 56.3 Å². The molecule has 124 valence electrons. The zero-order valence-corrected chi connectivity index (χ0v) is 13.4. The number of nitrogens with one attached hydrogen (secondary N) is 2. The van der Waals surface area contributed by atoms with E-state index in [9.17, 15) is 4.79 Å². The maximum Gasteiger partial charge on any atom is 0.260 e. The van der Waals surface area contributed by atoms with Gasteiger partial charge in [0.15, 0.2) is 28.0 Å². The van der Waals surface area contributed by atoms with Crippen LogP contribution >= 0.6 is 0 Å². The first-order valence-electron chi connectivity index (χ1n) is 7.35. The number of aromatic amines is 1. The van der Waals surface area contributed by atoms with E-state index >= 15 is 0 Å². The molecule has 0 amide bonds. The van der Waals surface area contributed by atoms with Crippen molar-refractivity contribution in [1.29, 1.82) is 5.41 Å². The summed E-state index contributed by atoms with van der Waals surface area (Å²) in [5.74, 6) is 1.18. The van der Waals surface area contributed by atoms with Crippen LogP contribution in [0.1, 0.15) is 12.5 Å². The molecule has 0 aliphatic rings. The molecular formula is C17H17N3O4. The van der Waals surface area contributed by atoms with Gasteiger partial charge in [0, 0.05) is 6.07 Å². The second kappa shape index (κ2) is 6.11. The second-order valence-electron chi connectivity index (χ2n) is 5.09. The Balaban J connectivity index is 2.22. The summed E-state index contributed by atoms with van der Waals surface area (Å²) in [6, 6.07) is 6.85. The predicted molar refractivity (Wildman–Crippen MR) is 88.6 cm³/mol. The minimum Gasteiger partial charge on any atom is -0.493 e. The van der Waals surface area contributed by atoms with E-state index in [0.717, 1.165) is 0 Å². The number of hydrogen-bond acceptors (Lipinski definition) is 5. The van der Waals surface area contributed by atoms with Crippen LogP contribution in [-0.4, -0.2) is 23.3 Å². The number of rotatable bonds is 4. The number of ether oxygens (including phenoxy) is 2. The number of H-pyrrole nitrogens is 1. The standard InChI is InChI=1S/C17H17N3O4/c1-4-23-13-6-5-11(9-14(13)22-3)8-12-16(18)20-15(19-17(12)21)7-10(2)24-20/h5-9,18H,2,4H2,1,3H3,(H,19,21)/b12-8-,18-16?. The van der Waals surface area contributed by atoms with E-state index in [2.05, 4.69) is 11.6 Å². The molecule has 7 nitrogen and oxygen atoms in total. The molecule has 1 aromatic carbocycles. The summed E-state index contributed by atoms with van der Waals surface area (Å²) < 4.78 is 17.3.